The minimum Gasteiger partial charge on any atom is -0.375 e. The van der Waals surface area contributed by atoms with Gasteiger partial charge >= 0.3 is 0 Å². The summed E-state index contributed by atoms with van der Waals surface area (Å²) in [5, 5.41) is 7.92. The summed E-state index contributed by atoms with van der Waals surface area (Å²) in [7, 11) is 1.50. The van der Waals surface area contributed by atoms with Gasteiger partial charge in [-0.2, -0.15) is 0 Å². The number of fused-ring (bicyclic) bond motifs is 1. The van der Waals surface area contributed by atoms with Crippen LogP contribution in [-0.4, -0.2) is 39.3 Å². The number of aromatic nitrogens is 3. The number of thiocarbonyl (C=S) groups is 1. The maximum atomic E-state index is 12.1. The summed E-state index contributed by atoms with van der Waals surface area (Å²) in [5.74, 6) is -0.200. The van der Waals surface area contributed by atoms with Crippen molar-refractivity contribution in [2.75, 3.05) is 23.9 Å². The molecule has 2 atom stereocenters. The first-order chi connectivity index (χ1) is 19.0. The highest BCUT2D eigenvalue weighted by Gasteiger charge is 2.42. The van der Waals surface area contributed by atoms with Crippen LogP contribution in [0.1, 0.15) is 29.0 Å². The van der Waals surface area contributed by atoms with Crippen LogP contribution in [-0.2, 0) is 9.53 Å². The molecule has 2 N–H and O–H groups in total. The Hall–Kier alpha value is -4.12. The number of para-hydroxylation sites is 1. The smallest absolute Gasteiger partial charge is 0.250 e. The SMILES string of the molecule is COCC(=O)Nc1ccc(N2C(=S)N[C@@H](c3ccccn3)[C@@H]2c2cccn2-c2nc3ccccc3s2)cc1C. The van der Waals surface area contributed by atoms with Gasteiger partial charge in [-0.25, -0.2) is 4.98 Å². The van der Waals surface area contributed by atoms with E-state index in [1.807, 2.05) is 73.8 Å². The van der Waals surface area contributed by atoms with Crippen LogP contribution < -0.4 is 15.5 Å². The molecule has 0 radical (unpaired) electrons. The number of pyridine rings is 1. The molecule has 10 heteroatoms. The van der Waals surface area contributed by atoms with E-state index in [0.717, 1.165) is 43.7 Å². The Morgan fingerprint density at radius 3 is 2.74 bits per heavy atom. The number of hydrogen-bond donors (Lipinski definition) is 2. The van der Waals surface area contributed by atoms with Gasteiger partial charge in [0, 0.05) is 30.9 Å². The number of ether oxygens (including phenoxy) is 1. The number of amides is 1. The molecule has 0 aliphatic carbocycles. The molecule has 6 rings (SSSR count). The highest BCUT2D eigenvalue weighted by molar-refractivity contribution is 7.80. The van der Waals surface area contributed by atoms with Crippen LogP contribution in [0.4, 0.5) is 11.4 Å². The third-order valence-electron chi connectivity index (χ3n) is 6.71. The van der Waals surface area contributed by atoms with Crippen molar-refractivity contribution >= 4 is 56.2 Å². The van der Waals surface area contributed by atoms with Gasteiger partial charge < -0.3 is 20.3 Å². The molecule has 0 spiro atoms. The van der Waals surface area contributed by atoms with Gasteiger partial charge in [-0.15, -0.1) is 0 Å². The lowest BCUT2D eigenvalue weighted by Crippen LogP contribution is -2.30. The first-order valence-corrected chi connectivity index (χ1v) is 13.7. The van der Waals surface area contributed by atoms with Gasteiger partial charge in [-0.1, -0.05) is 29.5 Å². The van der Waals surface area contributed by atoms with Crippen molar-refractivity contribution in [3.8, 4) is 5.13 Å². The lowest BCUT2D eigenvalue weighted by molar-refractivity contribution is -0.119. The van der Waals surface area contributed by atoms with Crippen LogP contribution in [0.3, 0.4) is 0 Å². The number of carbonyl (C=O) groups is 1. The largest absolute Gasteiger partial charge is 0.375 e. The van der Waals surface area contributed by atoms with Crippen molar-refractivity contribution in [3.63, 3.8) is 0 Å². The van der Waals surface area contributed by atoms with E-state index < -0.39 is 0 Å². The minimum absolute atomic E-state index is 0.00208. The van der Waals surface area contributed by atoms with Gasteiger partial charge in [0.05, 0.1) is 27.6 Å². The first kappa shape index (κ1) is 25.2. The van der Waals surface area contributed by atoms with Gasteiger partial charge in [-0.05, 0) is 79.3 Å². The molecule has 8 nitrogen and oxygen atoms in total. The second kappa shape index (κ2) is 10.6. The highest BCUT2D eigenvalue weighted by Crippen LogP contribution is 2.43. The number of rotatable bonds is 7. The molecule has 1 amide bonds. The summed E-state index contributed by atoms with van der Waals surface area (Å²) in [4.78, 5) is 23.8. The Kier molecular flexibility index (Phi) is 6.82. The predicted octanol–water partition coefficient (Wildman–Crippen LogP) is 5.55. The van der Waals surface area contributed by atoms with E-state index in [4.69, 9.17) is 21.9 Å². The molecule has 2 aromatic carbocycles. The molecule has 0 unspecified atom stereocenters. The van der Waals surface area contributed by atoms with Crippen LogP contribution in [0.15, 0.2) is 85.2 Å². The van der Waals surface area contributed by atoms with Crippen LogP contribution >= 0.6 is 23.6 Å². The maximum Gasteiger partial charge on any atom is 0.250 e. The van der Waals surface area contributed by atoms with Crippen molar-refractivity contribution in [3.05, 3.63) is 102 Å². The van der Waals surface area contributed by atoms with Gasteiger partial charge in [0.1, 0.15) is 12.6 Å². The monoisotopic (exact) mass is 554 g/mol. The number of thiazole rings is 1. The number of anilines is 2. The number of nitrogens with zero attached hydrogens (tertiary/aromatic N) is 4. The molecule has 1 fully saturated rings. The van der Waals surface area contributed by atoms with Gasteiger partial charge in [0.25, 0.3) is 0 Å². The number of nitrogens with one attached hydrogen (secondary N) is 2. The van der Waals surface area contributed by atoms with Crippen LogP contribution in [0.25, 0.3) is 15.3 Å². The van der Waals surface area contributed by atoms with E-state index in [1.54, 1.807) is 17.5 Å². The second-order valence-corrected chi connectivity index (χ2v) is 10.6. The van der Waals surface area contributed by atoms with Crippen LogP contribution in [0, 0.1) is 6.92 Å². The molecule has 4 heterocycles. The third-order valence-corrected chi connectivity index (χ3v) is 8.06. The van der Waals surface area contributed by atoms with E-state index in [9.17, 15) is 4.79 Å². The fraction of sp³-hybridized carbons (Fsp3) is 0.172. The Balaban J connectivity index is 1.44. The Morgan fingerprint density at radius 2 is 1.97 bits per heavy atom. The summed E-state index contributed by atoms with van der Waals surface area (Å²) < 4.78 is 8.22. The van der Waals surface area contributed by atoms with Crippen LogP contribution in [0.2, 0.25) is 0 Å². The van der Waals surface area contributed by atoms with Crippen molar-refractivity contribution < 1.29 is 9.53 Å². The predicted molar refractivity (Wildman–Crippen MR) is 159 cm³/mol. The summed E-state index contributed by atoms with van der Waals surface area (Å²) in [5.41, 5.74) is 5.46. The summed E-state index contributed by atoms with van der Waals surface area (Å²) >= 11 is 7.57. The number of hydrogen-bond acceptors (Lipinski definition) is 6. The summed E-state index contributed by atoms with van der Waals surface area (Å²) in [6.07, 6.45) is 3.84. The fourth-order valence-corrected chi connectivity index (χ4v) is 6.28. The van der Waals surface area contributed by atoms with Crippen molar-refractivity contribution in [2.45, 2.75) is 19.0 Å². The molecule has 1 aliphatic rings. The summed E-state index contributed by atoms with van der Waals surface area (Å²) in [6.45, 7) is 1.96. The highest BCUT2D eigenvalue weighted by atomic mass is 32.1. The van der Waals surface area contributed by atoms with Crippen molar-refractivity contribution in [1.82, 2.24) is 19.9 Å². The van der Waals surface area contributed by atoms with Gasteiger partial charge in [0.2, 0.25) is 5.91 Å². The average Bonchev–Trinajstić information content (AvgIpc) is 3.66. The zero-order valence-corrected chi connectivity index (χ0v) is 23.0. The molecular weight excluding hydrogens is 528 g/mol. The average molecular weight is 555 g/mol. The molecule has 1 saturated heterocycles. The van der Waals surface area contributed by atoms with Gasteiger partial charge in [-0.3, -0.25) is 14.3 Å². The number of carbonyl (C=O) groups excluding carboxylic acids is 1. The lowest BCUT2D eigenvalue weighted by Gasteiger charge is -2.29. The Labute approximate surface area is 235 Å². The molecule has 5 aromatic rings. The van der Waals surface area contributed by atoms with E-state index >= 15 is 0 Å². The molecule has 196 valence electrons. The second-order valence-electron chi connectivity index (χ2n) is 9.24. The molecule has 0 saturated carbocycles. The van der Waals surface area contributed by atoms with E-state index in [0.29, 0.717) is 5.11 Å². The zero-order valence-electron chi connectivity index (χ0n) is 21.4. The molecule has 1 aliphatic heterocycles. The quantitative estimate of drug-likeness (QED) is 0.255. The molecule has 3 aromatic heterocycles. The standard InChI is InChI=1S/C29H26N6O2S2/c1-18-16-19(12-13-20(18)31-25(36)17-37-2)35-27(26(33-28(35)38)22-9-5-6-14-30-22)23-10-7-15-34(23)29-32-21-8-3-4-11-24(21)39-29/h3-16,26-27H,17H2,1-2H3,(H,31,36)(H,33,38)/t26-,27-/m0/s1. The van der Waals surface area contributed by atoms with E-state index in [1.165, 1.54) is 7.11 Å². The molecule has 39 heavy (non-hydrogen) atoms. The lowest BCUT2D eigenvalue weighted by atomic mass is 10.0. The zero-order chi connectivity index (χ0) is 26.9. The van der Waals surface area contributed by atoms with E-state index in [2.05, 4.69) is 37.2 Å². The fourth-order valence-electron chi connectivity index (χ4n) is 4.96. The topological polar surface area (TPSA) is 84.3 Å². The third kappa shape index (κ3) is 4.78. The molecular formula is C29H26N6O2S2. The normalized spacial score (nSPS) is 17.0. The Bertz CT molecular complexity index is 1630. The van der Waals surface area contributed by atoms with Gasteiger partial charge in [0.15, 0.2) is 10.2 Å². The van der Waals surface area contributed by atoms with Crippen molar-refractivity contribution in [1.29, 1.82) is 0 Å². The summed E-state index contributed by atoms with van der Waals surface area (Å²) in [6, 6.07) is 23.7. The van der Waals surface area contributed by atoms with Crippen molar-refractivity contribution in [2.24, 2.45) is 0 Å². The first-order valence-electron chi connectivity index (χ1n) is 12.5. The molecule has 0 bridgehead atoms. The number of benzene rings is 2. The Morgan fingerprint density at radius 1 is 1.13 bits per heavy atom. The number of aryl methyl sites for hydroxylation is 1. The number of methoxy groups -OCH3 is 1. The maximum absolute atomic E-state index is 12.1. The van der Waals surface area contributed by atoms with E-state index in [-0.39, 0.29) is 24.6 Å². The van der Waals surface area contributed by atoms with Crippen LogP contribution in [0.5, 0.6) is 0 Å². The minimum atomic E-state index is -0.206.